The van der Waals surface area contributed by atoms with Crippen molar-refractivity contribution in [3.63, 3.8) is 0 Å². The molecule has 2 nitrogen and oxygen atoms in total. The Bertz CT molecular complexity index is 2670. The van der Waals surface area contributed by atoms with E-state index in [-0.39, 0.29) is 0 Å². The van der Waals surface area contributed by atoms with Crippen molar-refractivity contribution in [1.82, 2.24) is 0 Å². The predicted octanol–water partition coefficient (Wildman–Crippen LogP) is 14.2. The molecule has 53 heavy (non-hydrogen) atoms. The zero-order chi connectivity index (χ0) is 35.3. The van der Waals surface area contributed by atoms with Crippen LogP contribution in [0.25, 0.3) is 66.1 Å². The molecule has 2 aliphatic rings. The monoisotopic (exact) mass is 683 g/mol. The summed E-state index contributed by atoms with van der Waals surface area (Å²) in [5, 5.41) is 6.10. The van der Waals surface area contributed by atoms with Crippen LogP contribution >= 0.6 is 0 Å². The Morgan fingerprint density at radius 1 is 0.566 bits per heavy atom. The van der Waals surface area contributed by atoms with E-state index in [0.717, 1.165) is 41.7 Å². The quantitative estimate of drug-likeness (QED) is 0.162. The Kier molecular flexibility index (Phi) is 7.83. The maximum atomic E-state index is 6.95. The summed E-state index contributed by atoms with van der Waals surface area (Å²) in [6.07, 6.45) is 12.5. The van der Waals surface area contributed by atoms with Gasteiger partial charge in [0.1, 0.15) is 11.3 Å². The predicted molar refractivity (Wildman–Crippen MR) is 224 cm³/mol. The molecule has 1 unspecified atom stereocenters. The van der Waals surface area contributed by atoms with E-state index in [4.69, 9.17) is 4.42 Å². The van der Waals surface area contributed by atoms with Crippen LogP contribution in [0.4, 0.5) is 11.4 Å². The van der Waals surface area contributed by atoms with Crippen LogP contribution in [0.5, 0.6) is 0 Å². The van der Waals surface area contributed by atoms with Crippen molar-refractivity contribution in [1.29, 1.82) is 0 Å². The molecule has 0 bridgehead atoms. The number of rotatable bonds is 6. The third-order valence-electron chi connectivity index (χ3n) is 11.4. The van der Waals surface area contributed by atoms with Crippen LogP contribution in [0.3, 0.4) is 0 Å². The van der Waals surface area contributed by atoms with E-state index in [1.807, 2.05) is 0 Å². The van der Waals surface area contributed by atoms with E-state index < -0.39 is 0 Å². The summed E-state index contributed by atoms with van der Waals surface area (Å²) in [7, 11) is 0. The number of hydrogen-bond acceptors (Lipinski definition) is 2. The minimum Gasteiger partial charge on any atom is -0.455 e. The van der Waals surface area contributed by atoms with E-state index in [2.05, 4.69) is 176 Å². The van der Waals surface area contributed by atoms with Crippen molar-refractivity contribution in [3.05, 3.63) is 181 Å². The second kappa shape index (κ2) is 13.1. The second-order valence-corrected chi connectivity index (χ2v) is 14.7. The standard InChI is InChI=1S/C51H41NO/c1-34-16-13-22-38(32-34)52(37-20-3-2-4-21-37)39-23-14-19-36(33-39)48-41-25-7-9-27-43(41)49(44-28-10-8-26-42(44)48)50-46-29-11-12-31-47(46)53-51(50)45-30-15-18-35-17-5-6-24-40(35)45/h2-4,7-16,18-23,25-31,33-34H,5-6,17,24,32H2,1H3. The third-order valence-corrected chi connectivity index (χ3v) is 11.4. The van der Waals surface area contributed by atoms with Gasteiger partial charge < -0.3 is 9.32 Å². The number of aryl methyl sites for hydroxylation is 1. The normalized spacial score (nSPS) is 15.5. The highest BCUT2D eigenvalue weighted by Gasteiger charge is 2.27. The van der Waals surface area contributed by atoms with Crippen LogP contribution in [0.15, 0.2) is 174 Å². The van der Waals surface area contributed by atoms with Gasteiger partial charge in [-0.05, 0) is 118 Å². The average molecular weight is 684 g/mol. The minimum atomic E-state index is 0.482. The Labute approximate surface area is 311 Å². The van der Waals surface area contributed by atoms with Gasteiger partial charge in [-0.25, -0.2) is 0 Å². The van der Waals surface area contributed by atoms with Gasteiger partial charge in [-0.1, -0.05) is 134 Å². The van der Waals surface area contributed by atoms with Crippen molar-refractivity contribution in [3.8, 4) is 33.6 Å². The number of anilines is 2. The zero-order valence-electron chi connectivity index (χ0n) is 30.1. The summed E-state index contributed by atoms with van der Waals surface area (Å²) in [5.41, 5.74) is 13.6. The highest BCUT2D eigenvalue weighted by atomic mass is 16.3. The lowest BCUT2D eigenvalue weighted by atomic mass is 9.82. The summed E-state index contributed by atoms with van der Waals surface area (Å²) >= 11 is 0. The molecule has 0 aliphatic heterocycles. The van der Waals surface area contributed by atoms with Crippen molar-refractivity contribution in [2.45, 2.75) is 39.0 Å². The number of nitrogens with zero attached hydrogens (tertiary/aromatic N) is 1. The average Bonchev–Trinajstić information content (AvgIpc) is 3.59. The first kappa shape index (κ1) is 31.6. The summed E-state index contributed by atoms with van der Waals surface area (Å²) < 4.78 is 6.95. The van der Waals surface area contributed by atoms with Gasteiger partial charge in [0.15, 0.2) is 0 Å². The van der Waals surface area contributed by atoms with Crippen LogP contribution in [0, 0.1) is 5.92 Å². The summed E-state index contributed by atoms with van der Waals surface area (Å²) in [5.74, 6) is 1.47. The lowest BCUT2D eigenvalue weighted by molar-refractivity contribution is 0.627. The summed E-state index contributed by atoms with van der Waals surface area (Å²) in [4.78, 5) is 2.44. The third kappa shape index (κ3) is 5.40. The molecule has 7 aromatic carbocycles. The van der Waals surface area contributed by atoms with Crippen LogP contribution in [0.1, 0.15) is 37.3 Å². The fourth-order valence-corrected chi connectivity index (χ4v) is 9.03. The molecule has 0 N–H and O–H groups in total. The van der Waals surface area contributed by atoms with E-state index in [0.29, 0.717) is 5.92 Å². The van der Waals surface area contributed by atoms with Crippen LogP contribution in [-0.2, 0) is 12.8 Å². The first-order valence-electron chi connectivity index (χ1n) is 19.1. The number of hydrogen-bond donors (Lipinski definition) is 0. The van der Waals surface area contributed by atoms with Gasteiger partial charge in [0.2, 0.25) is 0 Å². The van der Waals surface area contributed by atoms with Crippen molar-refractivity contribution >= 4 is 43.9 Å². The first-order chi connectivity index (χ1) is 26.2. The molecule has 0 fully saturated rings. The maximum absolute atomic E-state index is 6.95. The molecular formula is C51H41NO. The number of benzene rings is 7. The zero-order valence-corrected chi connectivity index (χ0v) is 30.1. The Hall–Kier alpha value is -6.12. The van der Waals surface area contributed by atoms with Crippen molar-refractivity contribution < 1.29 is 4.42 Å². The Balaban J connectivity index is 1.24. The SMILES string of the molecule is CC1C=CC=C(N(c2ccccc2)c2cccc(-c3c4ccccc4c(-c4c(-c5cccc6c5CCCC6)oc5ccccc45)c4ccccc34)c2)C1. The lowest BCUT2D eigenvalue weighted by Gasteiger charge is -2.31. The van der Waals surface area contributed by atoms with Gasteiger partial charge >= 0.3 is 0 Å². The fourth-order valence-electron chi connectivity index (χ4n) is 9.03. The van der Waals surface area contributed by atoms with E-state index in [9.17, 15) is 0 Å². The highest BCUT2D eigenvalue weighted by Crippen LogP contribution is 2.51. The van der Waals surface area contributed by atoms with Crippen molar-refractivity contribution in [2.75, 3.05) is 4.90 Å². The molecule has 0 saturated carbocycles. The van der Waals surface area contributed by atoms with Gasteiger partial charge in [0.05, 0.1) is 0 Å². The molecule has 256 valence electrons. The molecule has 8 aromatic rings. The molecule has 2 aliphatic carbocycles. The number of allylic oxidation sites excluding steroid dienone is 4. The fraction of sp³-hybridized carbons (Fsp3) is 0.137. The van der Waals surface area contributed by atoms with Gasteiger partial charge in [-0.15, -0.1) is 0 Å². The van der Waals surface area contributed by atoms with Gasteiger partial charge in [0.25, 0.3) is 0 Å². The van der Waals surface area contributed by atoms with Crippen LogP contribution in [-0.4, -0.2) is 0 Å². The molecule has 0 radical (unpaired) electrons. The lowest BCUT2D eigenvalue weighted by Crippen LogP contribution is -2.19. The minimum absolute atomic E-state index is 0.482. The van der Waals surface area contributed by atoms with Crippen LogP contribution in [0.2, 0.25) is 0 Å². The Morgan fingerprint density at radius 2 is 1.21 bits per heavy atom. The molecular weight excluding hydrogens is 643 g/mol. The van der Waals surface area contributed by atoms with Gasteiger partial charge in [-0.3, -0.25) is 0 Å². The van der Waals surface area contributed by atoms with E-state index in [1.54, 1.807) is 0 Å². The molecule has 1 heterocycles. The summed E-state index contributed by atoms with van der Waals surface area (Å²) in [6.45, 7) is 2.30. The largest absolute Gasteiger partial charge is 0.455 e. The number of furan rings is 1. The molecule has 0 amide bonds. The molecule has 0 saturated heterocycles. The molecule has 0 spiro atoms. The summed E-state index contributed by atoms with van der Waals surface area (Å²) in [6, 6.07) is 53.4. The molecule has 2 heteroatoms. The van der Waals surface area contributed by atoms with Crippen molar-refractivity contribution in [2.24, 2.45) is 5.92 Å². The maximum Gasteiger partial charge on any atom is 0.143 e. The van der Waals surface area contributed by atoms with E-state index >= 15 is 0 Å². The topological polar surface area (TPSA) is 16.4 Å². The number of fused-ring (bicyclic) bond motifs is 4. The highest BCUT2D eigenvalue weighted by molar-refractivity contribution is 6.25. The van der Waals surface area contributed by atoms with Crippen LogP contribution < -0.4 is 4.90 Å². The van der Waals surface area contributed by atoms with E-state index in [1.165, 1.54) is 84.7 Å². The van der Waals surface area contributed by atoms with Gasteiger partial charge in [0, 0.05) is 39.1 Å². The first-order valence-corrected chi connectivity index (χ1v) is 19.1. The smallest absolute Gasteiger partial charge is 0.143 e. The van der Waals surface area contributed by atoms with Gasteiger partial charge in [-0.2, -0.15) is 0 Å². The second-order valence-electron chi connectivity index (χ2n) is 14.7. The Morgan fingerprint density at radius 3 is 1.96 bits per heavy atom. The number of para-hydroxylation sites is 2. The molecule has 1 atom stereocenters. The molecule has 1 aromatic heterocycles. The molecule has 10 rings (SSSR count).